The number of hydrogen-bond donors (Lipinski definition) is 0. The fourth-order valence-electron chi connectivity index (χ4n) is 8.76. The molecule has 66 heavy (non-hydrogen) atoms. The third-order valence-electron chi connectivity index (χ3n) is 11.8. The molecule has 0 fully saturated rings. The minimum atomic E-state index is -2.84. The van der Waals surface area contributed by atoms with E-state index in [0.717, 1.165) is 0 Å². The first-order chi connectivity index (χ1) is 31.6. The Labute approximate surface area is 427 Å². The Morgan fingerprint density at radius 3 is 0.879 bits per heavy atom. The Morgan fingerprint density at radius 2 is 0.652 bits per heavy atom. The minimum absolute atomic E-state index is 0.0247. The molecule has 0 radical (unpaired) electrons. The Morgan fingerprint density at radius 1 is 0.409 bits per heavy atom. The van der Waals surface area contributed by atoms with Gasteiger partial charge in [-0.15, -0.1) is 47.0 Å². The van der Waals surface area contributed by atoms with Crippen LogP contribution >= 0.6 is 94.1 Å². The van der Waals surface area contributed by atoms with Crippen molar-refractivity contribution in [1.82, 2.24) is 0 Å². The summed E-state index contributed by atoms with van der Waals surface area (Å²) in [5.41, 5.74) is 0. The first-order valence-electron chi connectivity index (χ1n) is 22.0. The van der Waals surface area contributed by atoms with E-state index in [1.165, 1.54) is 60.0 Å². The summed E-state index contributed by atoms with van der Waals surface area (Å²) in [6, 6.07) is 43.8. The molecule has 0 saturated carbocycles. The van der Waals surface area contributed by atoms with Crippen molar-refractivity contribution in [1.29, 1.82) is 0 Å². The summed E-state index contributed by atoms with van der Waals surface area (Å²) in [5.74, 6) is -0.613. The fraction of sp³-hybridized carbons (Fsp3) is 0.360. The Hall–Kier alpha value is -1.81. The molecule has 4 atom stereocenters. The van der Waals surface area contributed by atoms with Crippen LogP contribution in [0.4, 0.5) is 0 Å². The molecule has 16 heteroatoms. The van der Waals surface area contributed by atoms with E-state index in [9.17, 15) is 9.59 Å². The van der Waals surface area contributed by atoms with E-state index < -0.39 is 16.6 Å². The highest BCUT2D eigenvalue weighted by molar-refractivity contribution is 8.45. The number of benzene rings is 4. The van der Waals surface area contributed by atoms with Crippen molar-refractivity contribution in [2.24, 2.45) is 0 Å². The van der Waals surface area contributed by atoms with Crippen LogP contribution in [-0.4, -0.2) is 76.0 Å². The number of hydrogen-bond acceptors (Lipinski definition) is 14. The van der Waals surface area contributed by atoms with Crippen LogP contribution in [0.25, 0.3) is 0 Å². The molecular formula is C50H56O6S8Si2. The topological polar surface area (TPSA) is 71.1 Å². The summed E-state index contributed by atoms with van der Waals surface area (Å²) in [6.45, 7) is 18.7. The van der Waals surface area contributed by atoms with Crippen LogP contribution in [0.3, 0.4) is 0 Å². The second kappa shape index (κ2) is 21.7. The van der Waals surface area contributed by atoms with Crippen LogP contribution in [0.1, 0.15) is 55.4 Å². The zero-order valence-electron chi connectivity index (χ0n) is 38.4. The molecule has 8 rings (SSSR count). The summed E-state index contributed by atoms with van der Waals surface area (Å²) < 4.78 is 34.2. The largest absolute Gasteiger partial charge is 0.465 e. The van der Waals surface area contributed by atoms with Gasteiger partial charge in [-0.25, -0.2) is 0 Å². The molecule has 0 amide bonds. The van der Waals surface area contributed by atoms with Gasteiger partial charge in [-0.05, 0) is 30.8 Å². The predicted octanol–water partition coefficient (Wildman–Crippen LogP) is 12.0. The summed E-state index contributed by atoms with van der Waals surface area (Å²) in [4.78, 5) is 23.7. The zero-order chi connectivity index (χ0) is 46.7. The van der Waals surface area contributed by atoms with E-state index in [4.69, 9.17) is 18.3 Å². The number of carbonyl (C=O) groups is 2. The molecule has 0 saturated heterocycles. The monoisotopic (exact) mass is 1060 g/mol. The predicted molar refractivity (Wildman–Crippen MR) is 297 cm³/mol. The first kappa shape index (κ1) is 50.6. The van der Waals surface area contributed by atoms with Crippen molar-refractivity contribution in [3.05, 3.63) is 147 Å². The molecule has 4 aromatic carbocycles. The van der Waals surface area contributed by atoms with Gasteiger partial charge in [0.15, 0.2) is 0 Å². The van der Waals surface area contributed by atoms with Crippen LogP contribution in [0.15, 0.2) is 147 Å². The van der Waals surface area contributed by atoms with Gasteiger partial charge >= 0.3 is 11.9 Å². The SMILES string of the molecule is CC(=O)OC[C@H]1SC2=C(SC(=C3SC4=C(S3)S[C@H](CO[Si](c3ccccc3)(c3ccccc3)C(C)(C)C)[C@H](CO[Si](c3ccccc3)(c3ccccc3)C(C)(C)C)S4)S2)S[C@@H]1COC(C)=O. The lowest BCUT2D eigenvalue weighted by Crippen LogP contribution is -2.68. The van der Waals surface area contributed by atoms with Crippen LogP contribution in [0.2, 0.25) is 10.1 Å². The number of rotatable bonds is 14. The van der Waals surface area contributed by atoms with Gasteiger partial charge in [-0.1, -0.05) is 210 Å². The second-order valence-corrected chi connectivity index (χ2v) is 37.6. The van der Waals surface area contributed by atoms with E-state index in [1.54, 1.807) is 23.5 Å². The Bertz CT molecular complexity index is 2210. The van der Waals surface area contributed by atoms with Crippen LogP contribution < -0.4 is 20.7 Å². The van der Waals surface area contributed by atoms with Gasteiger partial charge in [0.1, 0.15) is 13.2 Å². The van der Waals surface area contributed by atoms with Crippen molar-refractivity contribution < 1.29 is 27.9 Å². The minimum Gasteiger partial charge on any atom is -0.465 e. The lowest BCUT2D eigenvalue weighted by Gasteiger charge is -2.46. The third kappa shape index (κ3) is 10.9. The third-order valence-corrected chi connectivity index (χ3v) is 34.7. The smallest absolute Gasteiger partial charge is 0.302 e. The van der Waals surface area contributed by atoms with Gasteiger partial charge in [0.25, 0.3) is 16.6 Å². The highest BCUT2D eigenvalue weighted by atomic mass is 32.3. The molecule has 0 N–H and O–H groups in total. The van der Waals surface area contributed by atoms with Crippen molar-refractivity contribution in [2.45, 2.75) is 86.5 Å². The zero-order valence-corrected chi connectivity index (χ0v) is 46.9. The highest BCUT2D eigenvalue weighted by Gasteiger charge is 2.53. The van der Waals surface area contributed by atoms with Crippen LogP contribution in [0.5, 0.6) is 0 Å². The Kier molecular flexibility index (Phi) is 16.6. The van der Waals surface area contributed by atoms with E-state index in [2.05, 4.69) is 163 Å². The van der Waals surface area contributed by atoms with Gasteiger partial charge < -0.3 is 18.3 Å². The van der Waals surface area contributed by atoms with Gasteiger partial charge in [-0.2, -0.15) is 0 Å². The van der Waals surface area contributed by atoms with Gasteiger partial charge in [-0.3, -0.25) is 9.59 Å². The molecule has 6 nitrogen and oxygen atoms in total. The molecule has 348 valence electrons. The number of ether oxygens (including phenoxy) is 2. The fourth-order valence-corrected chi connectivity index (χ4v) is 31.5. The maximum absolute atomic E-state index is 11.8. The lowest BCUT2D eigenvalue weighted by atomic mass is 10.2. The van der Waals surface area contributed by atoms with Gasteiger partial charge in [0, 0.05) is 37.6 Å². The number of esters is 2. The molecule has 0 aliphatic carbocycles. The van der Waals surface area contributed by atoms with Crippen molar-refractivity contribution in [2.75, 3.05) is 26.4 Å². The summed E-state index contributed by atoms with van der Waals surface area (Å²) >= 11 is 14.8. The summed E-state index contributed by atoms with van der Waals surface area (Å²) in [7, 11) is -5.69. The maximum Gasteiger partial charge on any atom is 0.302 e. The van der Waals surface area contributed by atoms with Crippen molar-refractivity contribution in [3.63, 3.8) is 0 Å². The molecular weight excluding hydrogens is 1010 g/mol. The lowest BCUT2D eigenvalue weighted by molar-refractivity contribution is -0.143. The number of carbonyl (C=O) groups excluding carboxylic acids is 2. The van der Waals surface area contributed by atoms with Crippen LogP contribution in [-0.2, 0) is 27.9 Å². The van der Waals surface area contributed by atoms with Crippen LogP contribution in [0, 0.1) is 0 Å². The molecule has 4 aliphatic rings. The molecule has 0 bridgehead atoms. The van der Waals surface area contributed by atoms with E-state index in [1.807, 2.05) is 70.6 Å². The Balaban J connectivity index is 1.12. The average molecular weight is 1070 g/mol. The molecule has 4 heterocycles. The first-order valence-corrected chi connectivity index (χ1v) is 32.6. The average Bonchev–Trinajstić information content (AvgIpc) is 3.92. The standard InChI is InChI=1S/C50H56O6S8Si2/c1-33(51)53-29-39-40(30-54-34(2)52)58-44-43(57-39)61-47(62-44)48-63-45-46(64-48)60-42(32-56-66(50(6,7)8,37-25-17-11-18-26-37)38-27-19-12-20-28-38)41(59-45)31-55-65(49(3,4)5,35-21-13-9-14-22-35)36-23-15-10-16-24-36/h9-28,39-42H,29-32H2,1-8H3/t39-,40-,41-,42+/m1/s1. The second-order valence-electron chi connectivity index (χ2n) is 18.3. The quantitative estimate of drug-likeness (QED) is 0.0889. The van der Waals surface area contributed by atoms with Crippen molar-refractivity contribution >= 4 is 143 Å². The molecule has 0 spiro atoms. The maximum atomic E-state index is 11.8. The molecule has 4 aliphatic heterocycles. The molecule has 4 aromatic rings. The van der Waals surface area contributed by atoms with Gasteiger partial charge in [0.05, 0.1) is 35.9 Å². The molecule has 0 aromatic heterocycles. The summed E-state index contributed by atoms with van der Waals surface area (Å²) in [5, 5.41) is 4.97. The van der Waals surface area contributed by atoms with Gasteiger partial charge in [0.2, 0.25) is 0 Å². The van der Waals surface area contributed by atoms with E-state index in [-0.39, 0.29) is 56.2 Å². The summed E-state index contributed by atoms with van der Waals surface area (Å²) in [6.07, 6.45) is 0. The van der Waals surface area contributed by atoms with E-state index >= 15 is 0 Å². The van der Waals surface area contributed by atoms with Crippen molar-refractivity contribution in [3.8, 4) is 0 Å². The highest BCUT2D eigenvalue weighted by Crippen LogP contribution is 2.70. The molecule has 0 unspecified atom stereocenters. The van der Waals surface area contributed by atoms with E-state index in [0.29, 0.717) is 13.2 Å². The normalized spacial score (nSPS) is 21.5. The number of thioether (sulfide) groups is 8.